The molecule has 2 N–H and O–H groups in total. The third-order valence-electron chi connectivity index (χ3n) is 9.07. The molecule has 0 bridgehead atoms. The van der Waals surface area contributed by atoms with Gasteiger partial charge in [-0.05, 0) is 61.7 Å². The van der Waals surface area contributed by atoms with Gasteiger partial charge in [0.25, 0.3) is 5.91 Å². The highest BCUT2D eigenvalue weighted by Crippen LogP contribution is 2.27. The Balaban J connectivity index is 0.965. The molecule has 12 nitrogen and oxygen atoms in total. The molecule has 1 saturated heterocycles. The molecule has 50 heavy (non-hydrogen) atoms. The first-order valence-electron chi connectivity index (χ1n) is 16.4. The number of H-pyrrole nitrogens is 1. The average Bonchev–Trinajstić information content (AvgIpc) is 3.64. The highest BCUT2D eigenvalue weighted by Gasteiger charge is 2.24. The smallest absolute Gasteiger partial charge is 0.258 e. The standard InChI is InChI=1S/C36H33ClFN9O3/c1-21-34-30(45-44-21)17-39-36(42-34)43-35(48)23-6-8-31-29(15-23)40-32(47(31)18-26-11-14-49-26)19-46-12-9-22(10-13-46)28-3-2-4-33(41-28)50-20-24-5-7-25(37)16-27(24)38/h2-9,15-17,26H,10-14,18-20H2,1H3,(H,44,45)(H,39,42,43,48)/t26-/m0/s1. The van der Waals surface area contributed by atoms with Crippen LogP contribution in [0, 0.1) is 12.7 Å². The van der Waals surface area contributed by atoms with Crippen molar-refractivity contribution in [1.29, 1.82) is 0 Å². The van der Waals surface area contributed by atoms with Gasteiger partial charge in [0.15, 0.2) is 0 Å². The number of pyridine rings is 1. The summed E-state index contributed by atoms with van der Waals surface area (Å²) in [7, 11) is 0. The van der Waals surface area contributed by atoms with Gasteiger partial charge in [0.2, 0.25) is 11.8 Å². The summed E-state index contributed by atoms with van der Waals surface area (Å²) in [5.41, 5.74) is 6.62. The molecule has 4 aromatic heterocycles. The summed E-state index contributed by atoms with van der Waals surface area (Å²) in [6.07, 6.45) is 5.72. The molecule has 254 valence electrons. The number of rotatable bonds is 10. The minimum absolute atomic E-state index is 0.0573. The van der Waals surface area contributed by atoms with E-state index >= 15 is 0 Å². The predicted molar refractivity (Wildman–Crippen MR) is 186 cm³/mol. The number of ether oxygens (including phenoxy) is 2. The lowest BCUT2D eigenvalue weighted by molar-refractivity contribution is -0.0591. The van der Waals surface area contributed by atoms with Crippen molar-refractivity contribution in [1.82, 2.24) is 39.6 Å². The number of benzene rings is 2. The molecule has 0 aliphatic carbocycles. The molecule has 0 unspecified atom stereocenters. The van der Waals surface area contributed by atoms with E-state index in [4.69, 9.17) is 31.0 Å². The minimum atomic E-state index is -0.409. The Morgan fingerprint density at radius 3 is 2.86 bits per heavy atom. The number of carbonyl (C=O) groups is 1. The monoisotopic (exact) mass is 693 g/mol. The van der Waals surface area contributed by atoms with Crippen LogP contribution in [0.5, 0.6) is 5.88 Å². The zero-order chi connectivity index (χ0) is 34.2. The van der Waals surface area contributed by atoms with E-state index < -0.39 is 5.82 Å². The number of fused-ring (bicyclic) bond motifs is 2. The van der Waals surface area contributed by atoms with Gasteiger partial charge >= 0.3 is 0 Å². The van der Waals surface area contributed by atoms with Crippen molar-refractivity contribution >= 4 is 51.1 Å². The summed E-state index contributed by atoms with van der Waals surface area (Å²) in [6.45, 7) is 5.52. The van der Waals surface area contributed by atoms with E-state index in [1.165, 1.54) is 6.07 Å². The van der Waals surface area contributed by atoms with Crippen molar-refractivity contribution in [2.75, 3.05) is 25.0 Å². The van der Waals surface area contributed by atoms with Crippen molar-refractivity contribution in [2.45, 2.75) is 45.6 Å². The van der Waals surface area contributed by atoms with Crippen LogP contribution in [0.1, 0.15) is 46.0 Å². The summed E-state index contributed by atoms with van der Waals surface area (Å²) < 4.78 is 28.0. The number of anilines is 1. The first-order chi connectivity index (χ1) is 24.4. The Kier molecular flexibility index (Phi) is 8.69. The van der Waals surface area contributed by atoms with E-state index in [1.807, 2.05) is 31.2 Å². The average molecular weight is 694 g/mol. The van der Waals surface area contributed by atoms with Gasteiger partial charge in [-0.2, -0.15) is 5.10 Å². The fraction of sp³-hybridized carbons (Fsp3) is 0.278. The molecule has 8 rings (SSSR count). The quantitative estimate of drug-likeness (QED) is 0.174. The summed E-state index contributed by atoms with van der Waals surface area (Å²) in [5.74, 6) is 0.827. The lowest BCUT2D eigenvalue weighted by Crippen LogP contribution is -2.33. The Labute approximate surface area is 291 Å². The summed E-state index contributed by atoms with van der Waals surface area (Å²) in [5, 5.41) is 10.2. The highest BCUT2D eigenvalue weighted by molar-refractivity contribution is 6.30. The van der Waals surface area contributed by atoms with E-state index in [9.17, 15) is 9.18 Å². The first-order valence-corrected chi connectivity index (χ1v) is 16.8. The van der Waals surface area contributed by atoms with Gasteiger partial charge in [0, 0.05) is 41.9 Å². The molecule has 2 aromatic carbocycles. The van der Waals surface area contributed by atoms with Crippen LogP contribution in [-0.2, 0) is 24.4 Å². The molecule has 2 aliphatic heterocycles. The molecule has 6 aromatic rings. The van der Waals surface area contributed by atoms with Crippen LogP contribution in [0.15, 0.2) is 66.9 Å². The topological polar surface area (TPSA) is 136 Å². The summed E-state index contributed by atoms with van der Waals surface area (Å²) >= 11 is 5.87. The van der Waals surface area contributed by atoms with Crippen molar-refractivity contribution < 1.29 is 18.7 Å². The lowest BCUT2D eigenvalue weighted by atomic mass is 10.0. The molecule has 0 spiro atoms. The van der Waals surface area contributed by atoms with Crippen LogP contribution in [0.25, 0.3) is 27.6 Å². The molecule has 1 atom stereocenters. The van der Waals surface area contributed by atoms with Crippen LogP contribution in [-0.4, -0.2) is 71.3 Å². The Hall–Kier alpha value is -5.24. The van der Waals surface area contributed by atoms with Crippen molar-refractivity contribution in [2.24, 2.45) is 0 Å². The molecule has 0 radical (unpaired) electrons. The van der Waals surface area contributed by atoms with Gasteiger partial charge in [0.05, 0.1) is 47.8 Å². The SMILES string of the molecule is Cc1n[nH]c2cnc(NC(=O)c3ccc4c(c3)nc(CN3CC=C(c5cccc(OCc6ccc(Cl)cc6F)n5)CC3)n4C[C@@H]3CCO3)nc12. The van der Waals surface area contributed by atoms with Crippen molar-refractivity contribution in [3.63, 3.8) is 0 Å². The van der Waals surface area contributed by atoms with E-state index in [0.29, 0.717) is 46.2 Å². The van der Waals surface area contributed by atoms with Crippen molar-refractivity contribution in [3.05, 3.63) is 106 Å². The molecule has 0 saturated carbocycles. The van der Waals surface area contributed by atoms with Gasteiger partial charge < -0.3 is 14.0 Å². The number of aromatic nitrogens is 7. The summed E-state index contributed by atoms with van der Waals surface area (Å²) in [4.78, 5) is 34.0. The van der Waals surface area contributed by atoms with Crippen LogP contribution >= 0.6 is 11.6 Å². The van der Waals surface area contributed by atoms with E-state index in [2.05, 4.69) is 41.0 Å². The van der Waals surface area contributed by atoms with E-state index in [1.54, 1.807) is 30.5 Å². The second-order valence-electron chi connectivity index (χ2n) is 12.4. The van der Waals surface area contributed by atoms with E-state index in [0.717, 1.165) is 66.4 Å². The minimum Gasteiger partial charge on any atom is -0.473 e. The molecular formula is C36H33ClFN9O3. The lowest BCUT2D eigenvalue weighted by Gasteiger charge is -2.29. The number of halogens is 2. The second kappa shape index (κ2) is 13.6. The van der Waals surface area contributed by atoms with Crippen LogP contribution in [0.2, 0.25) is 5.02 Å². The van der Waals surface area contributed by atoms with Crippen molar-refractivity contribution in [3.8, 4) is 5.88 Å². The fourth-order valence-electron chi connectivity index (χ4n) is 6.20. The van der Waals surface area contributed by atoms with Gasteiger partial charge in [-0.15, -0.1) is 0 Å². The maximum Gasteiger partial charge on any atom is 0.258 e. The second-order valence-corrected chi connectivity index (χ2v) is 12.9. The number of nitrogens with one attached hydrogen (secondary N) is 2. The summed E-state index contributed by atoms with van der Waals surface area (Å²) in [6, 6.07) is 15.7. The number of amides is 1. The zero-order valence-electron chi connectivity index (χ0n) is 27.2. The highest BCUT2D eigenvalue weighted by atomic mass is 35.5. The number of aryl methyl sites for hydroxylation is 1. The number of imidazole rings is 1. The third-order valence-corrected chi connectivity index (χ3v) is 9.31. The largest absolute Gasteiger partial charge is 0.473 e. The maximum atomic E-state index is 14.2. The molecule has 1 fully saturated rings. The van der Waals surface area contributed by atoms with Gasteiger partial charge in [-0.1, -0.05) is 29.8 Å². The van der Waals surface area contributed by atoms with Crippen LogP contribution in [0.3, 0.4) is 0 Å². The molecule has 2 aliphatic rings. The van der Waals surface area contributed by atoms with Crippen LogP contribution < -0.4 is 10.1 Å². The Bertz CT molecular complexity index is 2260. The fourth-order valence-corrected chi connectivity index (χ4v) is 6.36. The van der Waals surface area contributed by atoms with Gasteiger partial charge in [-0.3, -0.25) is 20.1 Å². The molecule has 1 amide bonds. The molecule has 6 heterocycles. The number of carbonyl (C=O) groups excluding carboxylic acids is 1. The van der Waals surface area contributed by atoms with Gasteiger partial charge in [0.1, 0.15) is 29.3 Å². The molecular weight excluding hydrogens is 661 g/mol. The van der Waals surface area contributed by atoms with Crippen LogP contribution in [0.4, 0.5) is 10.3 Å². The predicted octanol–water partition coefficient (Wildman–Crippen LogP) is 6.11. The number of aromatic amines is 1. The normalized spacial score (nSPS) is 16.4. The van der Waals surface area contributed by atoms with Gasteiger partial charge in [-0.25, -0.2) is 24.3 Å². The third kappa shape index (κ3) is 6.67. The maximum absolute atomic E-state index is 14.2. The zero-order valence-corrected chi connectivity index (χ0v) is 28.0. The number of nitrogens with zero attached hydrogens (tertiary/aromatic N) is 7. The Morgan fingerprint density at radius 2 is 2.06 bits per heavy atom. The Morgan fingerprint density at radius 1 is 1.16 bits per heavy atom. The number of hydrogen-bond donors (Lipinski definition) is 2. The number of hydrogen-bond acceptors (Lipinski definition) is 9. The van der Waals surface area contributed by atoms with E-state index in [-0.39, 0.29) is 24.6 Å². The molecule has 14 heteroatoms. The first kappa shape index (κ1) is 32.0.